The molecule has 11 heteroatoms. The number of fused-ring (bicyclic) bond motifs is 1. The summed E-state index contributed by atoms with van der Waals surface area (Å²) in [6.45, 7) is 3.05. The number of carbonyl (C=O) groups is 2. The molecule has 140 valence electrons. The molecule has 8 nitrogen and oxygen atoms in total. The van der Waals surface area contributed by atoms with Gasteiger partial charge in [0.2, 0.25) is 0 Å². The van der Waals surface area contributed by atoms with E-state index in [1.807, 2.05) is 0 Å². The van der Waals surface area contributed by atoms with Crippen LogP contribution < -0.4 is 5.32 Å². The van der Waals surface area contributed by atoms with Crippen LogP contribution in [0.1, 0.15) is 22.0 Å². The van der Waals surface area contributed by atoms with Crippen molar-refractivity contribution >= 4 is 58.1 Å². The number of anilines is 1. The van der Waals surface area contributed by atoms with Gasteiger partial charge in [-0.1, -0.05) is 34.8 Å². The maximum atomic E-state index is 12.1. The standard InChI is InChI=1S/C16H12Cl3N5O3/c1-7-3-8(2)24-16(20-7)22-14(23-24)15(26)27-6-13(25)21-12-5-10(18)9(17)4-11(12)19/h3-5H,6H2,1-2H3,(H,21,25). The number of amides is 1. The number of nitrogens with one attached hydrogen (secondary N) is 1. The number of halogens is 3. The minimum absolute atomic E-state index is 0.197. The number of esters is 1. The number of aromatic nitrogens is 4. The van der Waals surface area contributed by atoms with Crippen molar-refractivity contribution in [3.05, 3.63) is 50.5 Å². The second-order valence-corrected chi connectivity index (χ2v) is 6.78. The van der Waals surface area contributed by atoms with E-state index in [2.05, 4.69) is 20.4 Å². The van der Waals surface area contributed by atoms with Crippen LogP contribution in [0.2, 0.25) is 15.1 Å². The summed E-state index contributed by atoms with van der Waals surface area (Å²) in [6.07, 6.45) is 0. The van der Waals surface area contributed by atoms with Gasteiger partial charge in [0.1, 0.15) is 0 Å². The van der Waals surface area contributed by atoms with Gasteiger partial charge in [-0.3, -0.25) is 4.79 Å². The normalized spacial score (nSPS) is 10.9. The van der Waals surface area contributed by atoms with Crippen LogP contribution in [0.3, 0.4) is 0 Å². The summed E-state index contributed by atoms with van der Waals surface area (Å²) >= 11 is 17.7. The lowest BCUT2D eigenvalue weighted by molar-refractivity contribution is -0.119. The number of carbonyl (C=O) groups excluding carboxylic acids is 2. The lowest BCUT2D eigenvalue weighted by Crippen LogP contribution is -2.21. The monoisotopic (exact) mass is 427 g/mol. The molecule has 1 N–H and O–H groups in total. The fourth-order valence-corrected chi connectivity index (χ4v) is 2.85. The van der Waals surface area contributed by atoms with Crippen molar-refractivity contribution in [3.63, 3.8) is 0 Å². The largest absolute Gasteiger partial charge is 0.450 e. The predicted octanol–water partition coefficient (Wildman–Crippen LogP) is 3.50. The van der Waals surface area contributed by atoms with E-state index in [4.69, 9.17) is 39.5 Å². The Hall–Kier alpha value is -2.42. The molecule has 3 aromatic rings. The number of hydrogen-bond donors (Lipinski definition) is 1. The molecule has 0 spiro atoms. The number of benzene rings is 1. The molecule has 1 aromatic carbocycles. The SMILES string of the molecule is Cc1cc(C)n2nc(C(=O)OCC(=O)Nc3cc(Cl)c(Cl)cc3Cl)nc2n1. The Morgan fingerprint density at radius 1 is 1.07 bits per heavy atom. The minimum atomic E-state index is -0.854. The maximum Gasteiger partial charge on any atom is 0.378 e. The molecule has 0 bridgehead atoms. The first-order valence-corrected chi connectivity index (χ1v) is 8.70. The van der Waals surface area contributed by atoms with Crippen molar-refractivity contribution in [1.82, 2.24) is 19.6 Å². The van der Waals surface area contributed by atoms with E-state index < -0.39 is 18.5 Å². The summed E-state index contributed by atoms with van der Waals surface area (Å²) in [7, 11) is 0. The number of nitrogens with zero attached hydrogens (tertiary/aromatic N) is 4. The third-order valence-electron chi connectivity index (χ3n) is 3.42. The van der Waals surface area contributed by atoms with Gasteiger partial charge in [0, 0.05) is 11.4 Å². The number of rotatable bonds is 4. The highest BCUT2D eigenvalue weighted by Gasteiger charge is 2.18. The van der Waals surface area contributed by atoms with Crippen molar-refractivity contribution in [2.24, 2.45) is 0 Å². The molecule has 0 aliphatic heterocycles. The summed E-state index contributed by atoms with van der Waals surface area (Å²) in [5.41, 5.74) is 1.74. The molecule has 0 unspecified atom stereocenters. The fourth-order valence-electron chi connectivity index (χ4n) is 2.25. The van der Waals surface area contributed by atoms with Crippen molar-refractivity contribution in [2.75, 3.05) is 11.9 Å². The van der Waals surface area contributed by atoms with Crippen molar-refractivity contribution in [3.8, 4) is 0 Å². The van der Waals surface area contributed by atoms with Gasteiger partial charge in [-0.25, -0.2) is 14.3 Å². The molecule has 0 saturated carbocycles. The summed E-state index contributed by atoms with van der Waals surface area (Å²) in [5.74, 6) is -1.39. The molecule has 0 aliphatic carbocycles. The fraction of sp³-hybridized carbons (Fsp3) is 0.188. The molecule has 27 heavy (non-hydrogen) atoms. The Bertz CT molecular complexity index is 1070. The van der Waals surface area contributed by atoms with Gasteiger partial charge >= 0.3 is 5.97 Å². The molecule has 0 fully saturated rings. The molecule has 0 aliphatic rings. The first-order chi connectivity index (χ1) is 12.7. The number of aryl methyl sites for hydroxylation is 2. The van der Waals surface area contributed by atoms with Gasteiger partial charge in [-0.15, -0.1) is 5.10 Å². The quantitative estimate of drug-likeness (QED) is 0.504. The highest BCUT2D eigenvalue weighted by atomic mass is 35.5. The summed E-state index contributed by atoms with van der Waals surface area (Å²) in [5, 5.41) is 7.19. The average molecular weight is 429 g/mol. The highest BCUT2D eigenvalue weighted by molar-refractivity contribution is 6.44. The second-order valence-electron chi connectivity index (χ2n) is 5.56. The topological polar surface area (TPSA) is 98.5 Å². The zero-order chi connectivity index (χ0) is 19.7. The van der Waals surface area contributed by atoms with Crippen molar-refractivity contribution < 1.29 is 14.3 Å². The van der Waals surface area contributed by atoms with Crippen molar-refractivity contribution in [2.45, 2.75) is 13.8 Å². The lowest BCUT2D eigenvalue weighted by Gasteiger charge is -2.08. The Balaban J connectivity index is 1.66. The van der Waals surface area contributed by atoms with Crippen molar-refractivity contribution in [1.29, 1.82) is 0 Å². The van der Waals surface area contributed by atoms with Crippen LogP contribution in [-0.4, -0.2) is 38.1 Å². The highest BCUT2D eigenvalue weighted by Crippen LogP contribution is 2.32. The van der Waals surface area contributed by atoms with Crippen LogP contribution in [-0.2, 0) is 9.53 Å². The summed E-state index contributed by atoms with van der Waals surface area (Å²) in [4.78, 5) is 32.3. The molecule has 0 atom stereocenters. The second kappa shape index (κ2) is 7.67. The number of hydrogen-bond acceptors (Lipinski definition) is 6. The Kier molecular flexibility index (Phi) is 5.50. The zero-order valence-electron chi connectivity index (χ0n) is 14.1. The van der Waals surface area contributed by atoms with E-state index in [1.165, 1.54) is 16.6 Å². The van der Waals surface area contributed by atoms with Crippen LogP contribution >= 0.6 is 34.8 Å². The first-order valence-electron chi connectivity index (χ1n) is 7.57. The molecular formula is C16H12Cl3N5O3. The van der Waals surface area contributed by atoms with E-state index >= 15 is 0 Å². The van der Waals surface area contributed by atoms with Gasteiger partial charge in [0.15, 0.2) is 6.61 Å². The molecule has 0 radical (unpaired) electrons. The average Bonchev–Trinajstić information content (AvgIpc) is 3.02. The predicted molar refractivity (Wildman–Crippen MR) is 101 cm³/mol. The molecule has 0 saturated heterocycles. The van der Waals surface area contributed by atoms with Gasteiger partial charge < -0.3 is 10.1 Å². The van der Waals surface area contributed by atoms with Gasteiger partial charge in [-0.05, 0) is 32.0 Å². The van der Waals surface area contributed by atoms with Crippen LogP contribution in [0.4, 0.5) is 5.69 Å². The van der Waals surface area contributed by atoms with Crippen LogP contribution in [0.25, 0.3) is 5.78 Å². The maximum absolute atomic E-state index is 12.1. The minimum Gasteiger partial charge on any atom is -0.450 e. The van der Waals surface area contributed by atoms with Gasteiger partial charge in [0.05, 0.1) is 20.8 Å². The number of ether oxygens (including phenoxy) is 1. The van der Waals surface area contributed by atoms with Gasteiger partial charge in [0.25, 0.3) is 17.5 Å². The van der Waals surface area contributed by atoms with E-state index in [0.29, 0.717) is 0 Å². The van der Waals surface area contributed by atoms with E-state index in [9.17, 15) is 9.59 Å². The summed E-state index contributed by atoms with van der Waals surface area (Å²) < 4.78 is 6.35. The lowest BCUT2D eigenvalue weighted by atomic mass is 10.3. The Morgan fingerprint density at radius 2 is 1.78 bits per heavy atom. The molecule has 1 amide bonds. The zero-order valence-corrected chi connectivity index (χ0v) is 16.4. The Morgan fingerprint density at radius 3 is 2.52 bits per heavy atom. The molecular weight excluding hydrogens is 417 g/mol. The molecule has 3 rings (SSSR count). The third-order valence-corrected chi connectivity index (χ3v) is 4.45. The first kappa shape index (κ1) is 19.3. The van der Waals surface area contributed by atoms with E-state index in [-0.39, 0.29) is 32.4 Å². The van der Waals surface area contributed by atoms with Gasteiger partial charge in [-0.2, -0.15) is 4.98 Å². The summed E-state index contributed by atoms with van der Waals surface area (Å²) in [6, 6.07) is 4.59. The van der Waals surface area contributed by atoms with E-state index in [0.717, 1.165) is 11.4 Å². The van der Waals surface area contributed by atoms with Crippen LogP contribution in [0.15, 0.2) is 18.2 Å². The van der Waals surface area contributed by atoms with E-state index in [1.54, 1.807) is 19.9 Å². The van der Waals surface area contributed by atoms with Crippen LogP contribution in [0, 0.1) is 13.8 Å². The molecule has 2 aromatic heterocycles. The molecule has 2 heterocycles. The third kappa shape index (κ3) is 4.29. The Labute approximate surface area is 168 Å². The van der Waals surface area contributed by atoms with Crippen LogP contribution in [0.5, 0.6) is 0 Å². The smallest absolute Gasteiger partial charge is 0.378 e.